The molecule has 0 amide bonds. The molecular weight excluding hydrogens is 326 g/mol. The molecule has 1 heterocycles. The van der Waals surface area contributed by atoms with Gasteiger partial charge in [-0.05, 0) is 6.42 Å². The van der Waals surface area contributed by atoms with Gasteiger partial charge >= 0.3 is 58.2 Å². The van der Waals surface area contributed by atoms with Crippen molar-refractivity contribution in [2.24, 2.45) is 0 Å². The van der Waals surface area contributed by atoms with Crippen LogP contribution >= 0.6 is 0 Å². The van der Waals surface area contributed by atoms with Crippen LogP contribution in [0, 0.1) is 13.8 Å². The van der Waals surface area contributed by atoms with Gasteiger partial charge in [0.2, 0.25) is 0 Å². The van der Waals surface area contributed by atoms with Crippen LogP contribution in [0.2, 0.25) is 0 Å². The Morgan fingerprint density at radius 1 is 1.57 bits per heavy atom. The SMILES string of the molecule is [CH2-]Cn1c(CC)nc([C-]=O)c1[CH2-].[Rb+].[Y]. The summed E-state index contributed by atoms with van der Waals surface area (Å²) in [5.74, 6) is 0.841. The van der Waals surface area contributed by atoms with E-state index in [1.165, 1.54) is 0 Å². The molecule has 1 radical (unpaired) electrons. The van der Waals surface area contributed by atoms with Crippen molar-refractivity contribution < 1.29 is 95.7 Å². The van der Waals surface area contributed by atoms with Crippen LogP contribution in [0.4, 0.5) is 0 Å². The van der Waals surface area contributed by atoms with Gasteiger partial charge in [0.25, 0.3) is 0 Å². The minimum Gasteiger partial charge on any atom is -0.471 e. The molecule has 14 heavy (non-hydrogen) atoms. The molecule has 0 saturated carbocycles. The van der Waals surface area contributed by atoms with Crippen molar-refractivity contribution in [2.45, 2.75) is 19.9 Å². The molecule has 0 aromatic carbocycles. The fourth-order valence-corrected chi connectivity index (χ4v) is 1.15. The summed E-state index contributed by atoms with van der Waals surface area (Å²) in [5.41, 5.74) is 0.910. The van der Waals surface area contributed by atoms with Crippen molar-refractivity contribution in [3.63, 3.8) is 0 Å². The molecule has 0 aliphatic rings. The van der Waals surface area contributed by atoms with Crippen LogP contribution < -0.4 is 58.2 Å². The Balaban J connectivity index is 0. The number of hydrogen-bond donors (Lipinski definition) is 0. The van der Waals surface area contributed by atoms with Gasteiger partial charge in [-0.25, -0.2) is 0 Å². The van der Waals surface area contributed by atoms with E-state index in [1.807, 2.05) is 11.5 Å². The van der Waals surface area contributed by atoms with E-state index in [0.29, 0.717) is 17.9 Å². The Hall–Kier alpha value is 1.66. The van der Waals surface area contributed by atoms with Crippen LogP contribution in [-0.4, -0.2) is 15.8 Å². The molecule has 3 nitrogen and oxygen atoms in total. The average molecular weight is 338 g/mol. The maximum atomic E-state index is 10.4. The summed E-state index contributed by atoms with van der Waals surface area (Å²) in [5, 5.41) is 0. The first kappa shape index (κ1) is 18.0. The smallest absolute Gasteiger partial charge is 0.471 e. The number of imidazole rings is 1. The van der Waals surface area contributed by atoms with Gasteiger partial charge in [0.1, 0.15) is 0 Å². The molecular formula is C9H11N2ORbY-2. The summed E-state index contributed by atoms with van der Waals surface area (Å²) in [6, 6.07) is 0. The van der Waals surface area contributed by atoms with Gasteiger partial charge in [0.05, 0.1) is 5.82 Å². The van der Waals surface area contributed by atoms with Gasteiger partial charge in [-0.3, -0.25) is 5.69 Å². The van der Waals surface area contributed by atoms with E-state index in [9.17, 15) is 4.79 Å². The Kier molecular flexibility index (Phi) is 11.3. The first-order valence-corrected chi connectivity index (χ1v) is 3.83. The zero-order valence-corrected chi connectivity index (χ0v) is 16.5. The zero-order valence-electron chi connectivity index (χ0n) is 8.71. The van der Waals surface area contributed by atoms with Crippen molar-refractivity contribution in [1.82, 2.24) is 9.55 Å². The van der Waals surface area contributed by atoms with E-state index in [4.69, 9.17) is 0 Å². The molecule has 0 atom stereocenters. The molecule has 69 valence electrons. The summed E-state index contributed by atoms with van der Waals surface area (Å²) in [4.78, 5) is 14.4. The fraction of sp³-hybridized carbons (Fsp3) is 0.333. The fourth-order valence-electron chi connectivity index (χ4n) is 1.15. The predicted octanol–water partition coefficient (Wildman–Crippen LogP) is -2.08. The average Bonchev–Trinajstić information content (AvgIpc) is 2.41. The molecule has 0 fully saturated rings. The topological polar surface area (TPSA) is 34.9 Å². The second kappa shape index (κ2) is 8.77. The molecule has 0 spiro atoms. The van der Waals surface area contributed by atoms with Gasteiger partial charge in [0.15, 0.2) is 0 Å². The van der Waals surface area contributed by atoms with Crippen LogP contribution in [0.25, 0.3) is 0 Å². The Labute approximate surface area is 159 Å². The minimum atomic E-state index is 0. The molecule has 1 aromatic rings. The monoisotopic (exact) mass is 337 g/mol. The van der Waals surface area contributed by atoms with E-state index in [1.54, 1.807) is 6.29 Å². The van der Waals surface area contributed by atoms with Crippen molar-refractivity contribution in [3.8, 4) is 0 Å². The molecule has 0 aliphatic carbocycles. The van der Waals surface area contributed by atoms with E-state index in [2.05, 4.69) is 18.8 Å². The van der Waals surface area contributed by atoms with Crippen molar-refractivity contribution in [3.05, 3.63) is 31.1 Å². The summed E-state index contributed by atoms with van der Waals surface area (Å²) >= 11 is 0. The van der Waals surface area contributed by atoms with Crippen LogP contribution in [0.1, 0.15) is 24.1 Å². The normalized spacial score (nSPS) is 8.71. The molecule has 0 saturated heterocycles. The Bertz CT molecular complexity index is 299. The maximum absolute atomic E-state index is 10.4. The van der Waals surface area contributed by atoms with Crippen LogP contribution in [0.3, 0.4) is 0 Å². The third-order valence-electron chi connectivity index (χ3n) is 1.79. The Morgan fingerprint density at radius 3 is 2.43 bits per heavy atom. The standard InChI is InChI=1S/C9H11N2O.Rb.Y/c1-4-9-10-8(6-12)7(3)11(9)5-2;;/h2-5H2,1H3;;/q-3;+1;. The van der Waals surface area contributed by atoms with Crippen molar-refractivity contribution in [2.75, 3.05) is 0 Å². The van der Waals surface area contributed by atoms with Gasteiger partial charge in [-0.15, -0.1) is 6.54 Å². The van der Waals surface area contributed by atoms with Crippen molar-refractivity contribution >= 4 is 6.29 Å². The molecule has 0 aliphatic heterocycles. The van der Waals surface area contributed by atoms with Gasteiger partial charge < -0.3 is 28.2 Å². The summed E-state index contributed by atoms with van der Waals surface area (Å²) in [7, 11) is 0. The summed E-state index contributed by atoms with van der Waals surface area (Å²) < 4.78 is 1.82. The zero-order chi connectivity index (χ0) is 9.14. The van der Waals surface area contributed by atoms with Crippen LogP contribution in [0.15, 0.2) is 0 Å². The minimum absolute atomic E-state index is 0. The van der Waals surface area contributed by atoms with Crippen LogP contribution in [0.5, 0.6) is 0 Å². The van der Waals surface area contributed by atoms with Gasteiger partial charge in [-0.2, -0.15) is 5.69 Å². The molecule has 0 N–H and O–H groups in total. The maximum Gasteiger partial charge on any atom is 1.00 e. The second-order valence-electron chi connectivity index (χ2n) is 2.43. The van der Waals surface area contributed by atoms with Crippen molar-refractivity contribution in [1.29, 1.82) is 0 Å². The number of aryl methyl sites for hydroxylation is 1. The number of hydrogen-bond acceptors (Lipinski definition) is 2. The van der Waals surface area contributed by atoms with E-state index in [0.717, 1.165) is 12.2 Å². The molecule has 0 unspecified atom stereocenters. The van der Waals surface area contributed by atoms with E-state index >= 15 is 0 Å². The second-order valence-corrected chi connectivity index (χ2v) is 2.43. The summed E-state index contributed by atoms with van der Waals surface area (Å²) in [6.45, 7) is 9.98. The number of nitrogens with zero attached hydrogens (tertiary/aromatic N) is 2. The molecule has 5 heteroatoms. The number of rotatable bonds is 3. The summed E-state index contributed by atoms with van der Waals surface area (Å²) in [6.07, 6.45) is 2.53. The number of aromatic nitrogens is 2. The first-order chi connectivity index (χ1) is 5.74. The Morgan fingerprint density at radius 2 is 2.14 bits per heavy atom. The third kappa shape index (κ3) is 3.91. The van der Waals surface area contributed by atoms with Gasteiger partial charge in [0, 0.05) is 32.7 Å². The van der Waals surface area contributed by atoms with Gasteiger partial charge in [-0.1, -0.05) is 13.2 Å². The molecule has 1 rings (SSSR count). The molecule has 1 aromatic heterocycles. The largest absolute Gasteiger partial charge is 1.00 e. The van der Waals surface area contributed by atoms with Crippen LogP contribution in [-0.2, 0) is 50.5 Å². The van der Waals surface area contributed by atoms with E-state index in [-0.39, 0.29) is 90.9 Å². The first-order valence-electron chi connectivity index (χ1n) is 3.83. The molecule has 0 bridgehead atoms. The number of carbonyl (C=O) groups excluding carboxylic acids is 1. The quantitative estimate of drug-likeness (QED) is 0.594. The third-order valence-corrected chi connectivity index (χ3v) is 1.79. The predicted molar refractivity (Wildman–Crippen MR) is 46.2 cm³/mol. The van der Waals surface area contributed by atoms with E-state index < -0.39 is 0 Å².